The Hall–Kier alpha value is -2.88. The summed E-state index contributed by atoms with van der Waals surface area (Å²) in [6.45, 7) is 20.0. The molecule has 5 aliphatic carbocycles. The molecule has 0 amide bonds. The van der Waals surface area contributed by atoms with Gasteiger partial charge in [-0.2, -0.15) is 0 Å². The maximum atomic E-state index is 13.2. The van der Waals surface area contributed by atoms with Gasteiger partial charge < -0.3 is 9.47 Å². The highest BCUT2D eigenvalue weighted by Gasteiger charge is 2.71. The number of esters is 2. The van der Waals surface area contributed by atoms with Gasteiger partial charge in [0.05, 0.1) is 17.7 Å². The number of ether oxygens (including phenoxy) is 2. The third-order valence-electron chi connectivity index (χ3n) is 15.9. The molecule has 0 bridgehead atoms. The predicted molar refractivity (Wildman–Crippen MR) is 191 cm³/mol. The lowest BCUT2D eigenvalue weighted by Gasteiger charge is -2.73. The average Bonchev–Trinajstić information content (AvgIpc) is 3.46. The third-order valence-corrected chi connectivity index (χ3v) is 15.9. The van der Waals surface area contributed by atoms with Crippen LogP contribution in [0.3, 0.4) is 0 Å². The van der Waals surface area contributed by atoms with Gasteiger partial charge in [0.25, 0.3) is 0 Å². The number of allylic oxidation sites excluding steroid dienone is 1. The Labute approximate surface area is 289 Å². The summed E-state index contributed by atoms with van der Waals surface area (Å²) in [4.78, 5) is 26.4. The number of hydrogen-bond acceptors (Lipinski definition) is 4. The zero-order valence-electron chi connectivity index (χ0n) is 30.4. The Morgan fingerprint density at radius 3 is 2.00 bits per heavy atom. The minimum Gasteiger partial charge on any atom is -0.461 e. The van der Waals surface area contributed by atoms with Crippen molar-refractivity contribution in [3.63, 3.8) is 0 Å². The molecule has 0 aliphatic heterocycles. The lowest BCUT2D eigenvalue weighted by molar-refractivity contribution is -0.249. The van der Waals surface area contributed by atoms with Crippen molar-refractivity contribution >= 4 is 11.9 Å². The standard InChI is InChI=1S/C44H58O4/c1-29(2)32-20-25-44(28-47-38(45)30-14-10-8-11-15-30)27-26-42(6)33(37(32)44)18-19-35-41(5)23-22-36(48-39(46)31-16-12-9-13-17-31)40(3,4)34(41)21-24-43(35,42)7/h8-17,32-37H,1,18-28H2,2-7H3/t32?,33?,34?,35?,36?,37?,41?,42-,43?,44?/m1/s1. The fourth-order valence-corrected chi connectivity index (χ4v) is 13.4. The predicted octanol–water partition coefficient (Wildman–Crippen LogP) is 10.7. The molecule has 0 aromatic heterocycles. The molecule has 2 aromatic carbocycles. The number of carbonyl (C=O) groups excluding carboxylic acids is 2. The molecule has 258 valence electrons. The number of fused-ring (bicyclic) bond motifs is 7. The second-order valence-corrected chi connectivity index (χ2v) is 18.1. The molecule has 0 radical (unpaired) electrons. The highest BCUT2D eigenvalue weighted by Crippen LogP contribution is 2.77. The second kappa shape index (κ2) is 11.9. The monoisotopic (exact) mass is 650 g/mol. The largest absolute Gasteiger partial charge is 0.461 e. The number of hydrogen-bond donors (Lipinski definition) is 0. The van der Waals surface area contributed by atoms with E-state index < -0.39 is 0 Å². The van der Waals surface area contributed by atoms with Gasteiger partial charge >= 0.3 is 11.9 Å². The van der Waals surface area contributed by atoms with E-state index in [4.69, 9.17) is 9.47 Å². The molecule has 0 spiro atoms. The first-order chi connectivity index (χ1) is 22.8. The van der Waals surface area contributed by atoms with Crippen molar-refractivity contribution in [2.45, 2.75) is 112 Å². The Balaban J connectivity index is 1.14. The van der Waals surface area contributed by atoms with E-state index in [-0.39, 0.29) is 45.1 Å². The van der Waals surface area contributed by atoms with Crippen LogP contribution >= 0.6 is 0 Å². The minimum atomic E-state index is -0.189. The van der Waals surface area contributed by atoms with Crippen molar-refractivity contribution in [3.05, 3.63) is 83.9 Å². The molecular weight excluding hydrogens is 592 g/mol. The molecule has 10 atom stereocenters. The molecule has 9 unspecified atom stereocenters. The Kier molecular flexibility index (Phi) is 8.31. The SMILES string of the molecule is C=C(C)C1CCC2(COC(=O)c3ccccc3)CC[C@]3(C)C(CCC4C5(C)CCC(OC(=O)c6ccccc6)C(C)(C)C5CCC43C)C12. The van der Waals surface area contributed by atoms with E-state index in [9.17, 15) is 9.59 Å². The molecule has 0 heterocycles. The summed E-state index contributed by atoms with van der Waals surface area (Å²) in [5, 5.41) is 0. The van der Waals surface area contributed by atoms with E-state index in [2.05, 4.69) is 48.1 Å². The molecule has 4 nitrogen and oxygen atoms in total. The summed E-state index contributed by atoms with van der Waals surface area (Å²) in [5.41, 5.74) is 3.22. The summed E-state index contributed by atoms with van der Waals surface area (Å²) in [5.74, 6) is 2.38. The first kappa shape index (κ1) is 33.6. The van der Waals surface area contributed by atoms with Crippen LogP contribution in [0.5, 0.6) is 0 Å². The maximum absolute atomic E-state index is 13.2. The van der Waals surface area contributed by atoms with E-state index in [1.165, 1.54) is 37.7 Å². The van der Waals surface area contributed by atoms with Gasteiger partial charge in [0.1, 0.15) is 6.10 Å². The van der Waals surface area contributed by atoms with E-state index in [0.29, 0.717) is 47.3 Å². The zero-order valence-corrected chi connectivity index (χ0v) is 30.4. The van der Waals surface area contributed by atoms with Crippen molar-refractivity contribution in [3.8, 4) is 0 Å². The molecule has 7 rings (SSSR count). The fraction of sp³-hybridized carbons (Fsp3) is 0.636. The first-order valence-corrected chi connectivity index (χ1v) is 18.9. The molecule has 0 saturated heterocycles. The number of rotatable bonds is 6. The Bertz CT molecular complexity index is 1550. The average molecular weight is 651 g/mol. The highest BCUT2D eigenvalue weighted by atomic mass is 16.5. The van der Waals surface area contributed by atoms with Gasteiger partial charge in [-0.3, -0.25) is 0 Å². The Morgan fingerprint density at radius 2 is 1.35 bits per heavy atom. The topological polar surface area (TPSA) is 52.6 Å². The smallest absolute Gasteiger partial charge is 0.338 e. The first-order valence-electron chi connectivity index (χ1n) is 18.9. The van der Waals surface area contributed by atoms with Crippen molar-refractivity contribution < 1.29 is 19.1 Å². The van der Waals surface area contributed by atoms with E-state index in [1.807, 2.05) is 60.7 Å². The summed E-state index contributed by atoms with van der Waals surface area (Å²) in [6.07, 6.45) is 11.5. The van der Waals surface area contributed by atoms with Crippen LogP contribution in [0.15, 0.2) is 72.8 Å². The lowest BCUT2D eigenvalue weighted by Crippen LogP contribution is -2.67. The second-order valence-electron chi connectivity index (χ2n) is 18.1. The van der Waals surface area contributed by atoms with Crippen LogP contribution in [0.1, 0.15) is 126 Å². The van der Waals surface area contributed by atoms with Gasteiger partial charge in [0.2, 0.25) is 0 Å². The van der Waals surface area contributed by atoms with Gasteiger partial charge in [0, 0.05) is 10.8 Å². The Morgan fingerprint density at radius 1 is 0.708 bits per heavy atom. The van der Waals surface area contributed by atoms with Crippen LogP contribution in [-0.4, -0.2) is 24.6 Å². The van der Waals surface area contributed by atoms with Crippen LogP contribution in [0.2, 0.25) is 0 Å². The van der Waals surface area contributed by atoms with Gasteiger partial charge in [-0.1, -0.05) is 83.2 Å². The van der Waals surface area contributed by atoms with Gasteiger partial charge in [-0.15, -0.1) is 0 Å². The summed E-state index contributed by atoms with van der Waals surface area (Å²) >= 11 is 0. The van der Waals surface area contributed by atoms with Crippen LogP contribution in [0, 0.1) is 56.7 Å². The molecule has 5 fully saturated rings. The number of benzene rings is 2. The normalized spacial score (nSPS) is 41.1. The minimum absolute atomic E-state index is 0.0330. The van der Waals surface area contributed by atoms with Crippen molar-refractivity contribution in [2.75, 3.05) is 6.61 Å². The summed E-state index contributed by atoms with van der Waals surface area (Å²) in [7, 11) is 0. The van der Waals surface area contributed by atoms with E-state index in [1.54, 1.807) is 0 Å². The highest BCUT2D eigenvalue weighted by molar-refractivity contribution is 5.89. The summed E-state index contributed by atoms with van der Waals surface area (Å²) < 4.78 is 12.5. The molecular formula is C44H58O4. The van der Waals surface area contributed by atoms with Crippen molar-refractivity contribution in [1.29, 1.82) is 0 Å². The molecule has 48 heavy (non-hydrogen) atoms. The molecule has 2 aromatic rings. The van der Waals surface area contributed by atoms with Gasteiger partial charge in [-0.05, 0) is 141 Å². The molecule has 4 heteroatoms. The lowest BCUT2D eigenvalue weighted by atomic mass is 9.32. The zero-order chi connectivity index (χ0) is 34.1. The fourth-order valence-electron chi connectivity index (χ4n) is 13.4. The maximum Gasteiger partial charge on any atom is 0.338 e. The molecule has 5 saturated carbocycles. The summed E-state index contributed by atoms with van der Waals surface area (Å²) in [6, 6.07) is 19.0. The van der Waals surface area contributed by atoms with Crippen LogP contribution in [0.25, 0.3) is 0 Å². The van der Waals surface area contributed by atoms with Gasteiger partial charge in [-0.25, -0.2) is 9.59 Å². The molecule has 0 N–H and O–H groups in total. The van der Waals surface area contributed by atoms with Crippen molar-refractivity contribution in [1.82, 2.24) is 0 Å². The van der Waals surface area contributed by atoms with Crippen LogP contribution < -0.4 is 0 Å². The van der Waals surface area contributed by atoms with Crippen LogP contribution in [-0.2, 0) is 9.47 Å². The van der Waals surface area contributed by atoms with Crippen molar-refractivity contribution in [2.24, 2.45) is 56.7 Å². The molecule has 5 aliphatic rings. The van der Waals surface area contributed by atoms with Gasteiger partial charge in [0.15, 0.2) is 0 Å². The van der Waals surface area contributed by atoms with E-state index >= 15 is 0 Å². The third kappa shape index (κ3) is 4.97. The van der Waals surface area contributed by atoms with E-state index in [0.717, 1.165) is 32.1 Å². The van der Waals surface area contributed by atoms with Crippen LogP contribution in [0.4, 0.5) is 0 Å². The number of carbonyl (C=O) groups is 2. The quantitative estimate of drug-likeness (QED) is 0.231.